The highest BCUT2D eigenvalue weighted by Crippen LogP contribution is 2.21. The van der Waals surface area contributed by atoms with E-state index in [1.807, 2.05) is 26.1 Å². The van der Waals surface area contributed by atoms with E-state index in [1.54, 1.807) is 0 Å². The van der Waals surface area contributed by atoms with E-state index >= 15 is 0 Å². The van der Waals surface area contributed by atoms with Gasteiger partial charge >= 0.3 is 6.01 Å². The van der Waals surface area contributed by atoms with Gasteiger partial charge in [-0.3, -0.25) is 0 Å². The molecule has 0 aliphatic rings. The predicted molar refractivity (Wildman–Crippen MR) is 78.0 cm³/mol. The third-order valence-corrected chi connectivity index (χ3v) is 3.48. The van der Waals surface area contributed by atoms with Gasteiger partial charge in [0.2, 0.25) is 5.89 Å². The lowest BCUT2D eigenvalue weighted by atomic mass is 10.1. The number of nitrogens with one attached hydrogen (secondary N) is 2. The van der Waals surface area contributed by atoms with E-state index in [-0.39, 0.29) is 12.1 Å². The number of anilines is 1. The fourth-order valence-electron chi connectivity index (χ4n) is 1.61. The Balaban J connectivity index is 2.04. The maximum absolute atomic E-state index is 5.55. The first-order valence-corrected chi connectivity index (χ1v) is 6.92. The van der Waals surface area contributed by atoms with Gasteiger partial charge in [-0.25, -0.2) is 0 Å². The molecule has 0 saturated carbocycles. The van der Waals surface area contributed by atoms with Crippen molar-refractivity contribution in [3.8, 4) is 0 Å². The lowest BCUT2D eigenvalue weighted by molar-refractivity contribution is 0.439. The number of hydrogen-bond donors (Lipinski definition) is 2. The summed E-state index contributed by atoms with van der Waals surface area (Å²) in [7, 11) is 1.85. The highest BCUT2D eigenvalue weighted by Gasteiger charge is 2.14. The van der Waals surface area contributed by atoms with Crippen LogP contribution in [0.5, 0.6) is 0 Å². The van der Waals surface area contributed by atoms with Crippen LogP contribution in [0.1, 0.15) is 37.4 Å². The summed E-state index contributed by atoms with van der Waals surface area (Å²) in [5.74, 6) is 0.577. The Morgan fingerprint density at radius 2 is 1.79 bits per heavy atom. The Kier molecular flexibility index (Phi) is 4.55. The monoisotopic (exact) mass is 324 g/mol. The number of hydrogen-bond acceptors (Lipinski definition) is 5. The third kappa shape index (κ3) is 3.54. The number of nitrogens with zero attached hydrogens (tertiary/aromatic N) is 2. The maximum atomic E-state index is 5.55. The van der Waals surface area contributed by atoms with Crippen molar-refractivity contribution >= 4 is 21.9 Å². The molecule has 0 radical (unpaired) electrons. The molecule has 6 heteroatoms. The van der Waals surface area contributed by atoms with E-state index in [9.17, 15) is 0 Å². The molecule has 0 amide bonds. The van der Waals surface area contributed by atoms with Gasteiger partial charge in [0.25, 0.3) is 0 Å². The standard InChI is InChI=1S/C13H17BrN4O/c1-8(10-4-6-11(14)7-5-10)16-13-18-17-12(19-13)9(2)15-3/h4-9,15H,1-3H3,(H,16,18). The molecule has 2 atom stereocenters. The summed E-state index contributed by atoms with van der Waals surface area (Å²) in [5.41, 5.74) is 1.16. The van der Waals surface area contributed by atoms with Crippen molar-refractivity contribution in [3.05, 3.63) is 40.2 Å². The number of rotatable bonds is 5. The third-order valence-electron chi connectivity index (χ3n) is 2.95. The van der Waals surface area contributed by atoms with E-state index in [0.717, 1.165) is 10.0 Å². The van der Waals surface area contributed by atoms with Crippen molar-refractivity contribution in [2.75, 3.05) is 12.4 Å². The molecule has 1 aromatic carbocycles. The van der Waals surface area contributed by atoms with E-state index in [1.165, 1.54) is 0 Å². The van der Waals surface area contributed by atoms with E-state index in [2.05, 4.69) is 55.8 Å². The fourth-order valence-corrected chi connectivity index (χ4v) is 1.88. The summed E-state index contributed by atoms with van der Waals surface area (Å²) < 4.78 is 6.61. The van der Waals surface area contributed by atoms with E-state index in [0.29, 0.717) is 11.9 Å². The zero-order valence-corrected chi connectivity index (χ0v) is 12.7. The predicted octanol–water partition coefficient (Wildman–Crippen LogP) is 3.29. The molecule has 0 bridgehead atoms. The quantitative estimate of drug-likeness (QED) is 0.883. The summed E-state index contributed by atoms with van der Waals surface area (Å²) in [6.07, 6.45) is 0. The topological polar surface area (TPSA) is 63.0 Å². The Hall–Kier alpha value is -1.40. The molecule has 2 rings (SSSR count). The van der Waals surface area contributed by atoms with Gasteiger partial charge in [-0.2, -0.15) is 0 Å². The van der Waals surface area contributed by atoms with Crippen LogP contribution >= 0.6 is 15.9 Å². The summed E-state index contributed by atoms with van der Waals surface area (Å²) in [6.45, 7) is 4.02. The summed E-state index contributed by atoms with van der Waals surface area (Å²) >= 11 is 3.42. The summed E-state index contributed by atoms with van der Waals surface area (Å²) in [4.78, 5) is 0. The first-order valence-electron chi connectivity index (χ1n) is 6.13. The smallest absolute Gasteiger partial charge is 0.315 e. The van der Waals surface area contributed by atoms with Gasteiger partial charge < -0.3 is 15.1 Å². The van der Waals surface area contributed by atoms with E-state index < -0.39 is 0 Å². The van der Waals surface area contributed by atoms with Crippen LogP contribution in [0.3, 0.4) is 0 Å². The summed E-state index contributed by atoms with van der Waals surface area (Å²) in [6, 6.07) is 8.71. The Morgan fingerprint density at radius 3 is 2.42 bits per heavy atom. The Bertz CT molecular complexity index is 526. The molecule has 19 heavy (non-hydrogen) atoms. The van der Waals surface area contributed by atoms with E-state index in [4.69, 9.17) is 4.42 Å². The molecule has 2 unspecified atom stereocenters. The minimum Gasteiger partial charge on any atom is -0.406 e. The second-order valence-corrected chi connectivity index (χ2v) is 5.29. The van der Waals surface area contributed by atoms with Crippen LogP contribution in [0, 0.1) is 0 Å². The fraction of sp³-hybridized carbons (Fsp3) is 0.385. The van der Waals surface area contributed by atoms with Crippen molar-refractivity contribution in [3.63, 3.8) is 0 Å². The van der Waals surface area contributed by atoms with Crippen LogP contribution in [0.25, 0.3) is 0 Å². The molecule has 1 aromatic heterocycles. The highest BCUT2D eigenvalue weighted by molar-refractivity contribution is 9.10. The zero-order chi connectivity index (χ0) is 13.8. The van der Waals surface area contributed by atoms with Crippen molar-refractivity contribution in [1.82, 2.24) is 15.5 Å². The molecule has 0 aliphatic carbocycles. The normalized spacial score (nSPS) is 14.1. The number of halogens is 1. The van der Waals surface area contributed by atoms with Gasteiger partial charge in [0.05, 0.1) is 12.1 Å². The van der Waals surface area contributed by atoms with Crippen LogP contribution < -0.4 is 10.6 Å². The van der Waals surface area contributed by atoms with Gasteiger partial charge in [0, 0.05) is 4.47 Å². The van der Waals surface area contributed by atoms with Crippen molar-refractivity contribution in [1.29, 1.82) is 0 Å². The van der Waals surface area contributed by atoms with Crippen LogP contribution in [0.2, 0.25) is 0 Å². The minimum absolute atomic E-state index is 0.0473. The lowest BCUT2D eigenvalue weighted by Crippen LogP contribution is -2.12. The molecule has 0 aliphatic heterocycles. The van der Waals surface area contributed by atoms with Crippen molar-refractivity contribution < 1.29 is 4.42 Å². The average Bonchev–Trinajstić information content (AvgIpc) is 2.87. The second kappa shape index (κ2) is 6.16. The summed E-state index contributed by atoms with van der Waals surface area (Å²) in [5, 5.41) is 14.2. The molecule has 2 aromatic rings. The molecular formula is C13H17BrN4O. The largest absolute Gasteiger partial charge is 0.406 e. The molecule has 0 fully saturated rings. The van der Waals surface area contributed by atoms with Crippen LogP contribution in [0.4, 0.5) is 6.01 Å². The molecule has 2 N–H and O–H groups in total. The first kappa shape index (κ1) is 14.0. The van der Waals surface area contributed by atoms with Gasteiger partial charge in [0.1, 0.15) is 0 Å². The first-order chi connectivity index (χ1) is 9.10. The van der Waals surface area contributed by atoms with Gasteiger partial charge in [-0.05, 0) is 38.6 Å². The molecule has 1 heterocycles. The zero-order valence-electron chi connectivity index (χ0n) is 11.1. The SMILES string of the molecule is CNC(C)c1nnc(NC(C)c2ccc(Br)cc2)o1. The molecule has 0 saturated heterocycles. The van der Waals surface area contributed by atoms with Crippen LogP contribution in [-0.2, 0) is 0 Å². The Morgan fingerprint density at radius 1 is 1.11 bits per heavy atom. The van der Waals surface area contributed by atoms with Gasteiger partial charge in [-0.1, -0.05) is 33.2 Å². The van der Waals surface area contributed by atoms with Crippen LogP contribution in [0.15, 0.2) is 33.2 Å². The molecule has 5 nitrogen and oxygen atoms in total. The molecular weight excluding hydrogens is 308 g/mol. The number of benzene rings is 1. The molecule has 0 spiro atoms. The van der Waals surface area contributed by atoms with Crippen LogP contribution in [-0.4, -0.2) is 17.2 Å². The second-order valence-electron chi connectivity index (χ2n) is 4.37. The average molecular weight is 325 g/mol. The van der Waals surface area contributed by atoms with Crippen molar-refractivity contribution in [2.24, 2.45) is 0 Å². The van der Waals surface area contributed by atoms with Gasteiger partial charge in [0.15, 0.2) is 0 Å². The van der Waals surface area contributed by atoms with Crippen molar-refractivity contribution in [2.45, 2.75) is 25.9 Å². The number of aromatic nitrogens is 2. The van der Waals surface area contributed by atoms with Gasteiger partial charge in [-0.15, -0.1) is 5.10 Å². The lowest BCUT2D eigenvalue weighted by Gasteiger charge is -2.12. The maximum Gasteiger partial charge on any atom is 0.315 e. The minimum atomic E-state index is 0.0473. The highest BCUT2D eigenvalue weighted by atomic mass is 79.9. The molecule has 102 valence electrons. The Labute approximate surface area is 120 Å².